The summed E-state index contributed by atoms with van der Waals surface area (Å²) < 4.78 is 0. The van der Waals surface area contributed by atoms with Crippen molar-refractivity contribution in [2.24, 2.45) is 5.92 Å². The van der Waals surface area contributed by atoms with E-state index in [-0.39, 0.29) is 23.8 Å². The molecule has 28 heavy (non-hydrogen) atoms. The Bertz CT molecular complexity index is 629. The van der Waals surface area contributed by atoms with Crippen molar-refractivity contribution in [3.05, 3.63) is 35.4 Å². The van der Waals surface area contributed by atoms with Gasteiger partial charge in [-0.05, 0) is 49.7 Å². The van der Waals surface area contributed by atoms with Crippen molar-refractivity contribution in [1.29, 1.82) is 0 Å². The van der Waals surface area contributed by atoms with E-state index in [1.807, 2.05) is 11.0 Å². The number of fused-ring (bicyclic) bond motifs is 1. The Morgan fingerprint density at radius 1 is 1.14 bits per heavy atom. The maximum Gasteiger partial charge on any atom is 0.225 e. The van der Waals surface area contributed by atoms with Crippen LogP contribution < -0.4 is 5.32 Å². The van der Waals surface area contributed by atoms with Crippen LogP contribution >= 0.6 is 0 Å². The summed E-state index contributed by atoms with van der Waals surface area (Å²) in [6.45, 7) is 7.60. The molecule has 2 amide bonds. The molecule has 0 spiro atoms. The predicted octanol–water partition coefficient (Wildman–Crippen LogP) is 5.03. The molecular weight excluding hydrogens is 348 g/mol. The lowest BCUT2D eigenvalue weighted by Gasteiger charge is -2.28. The molecular formula is C24H38N2O2. The van der Waals surface area contributed by atoms with Crippen molar-refractivity contribution in [2.45, 2.75) is 84.6 Å². The van der Waals surface area contributed by atoms with Gasteiger partial charge in [-0.15, -0.1) is 0 Å². The summed E-state index contributed by atoms with van der Waals surface area (Å²) in [7, 11) is 0. The third kappa shape index (κ3) is 6.35. The summed E-state index contributed by atoms with van der Waals surface area (Å²) in [5.74, 6) is 0.380. The second kappa shape index (κ2) is 11.9. The molecule has 1 aromatic rings. The second-order valence-corrected chi connectivity index (χ2v) is 8.03. The topological polar surface area (TPSA) is 49.4 Å². The zero-order valence-corrected chi connectivity index (χ0v) is 18.0. The number of aryl methyl sites for hydroxylation is 1. The van der Waals surface area contributed by atoms with E-state index in [0.717, 1.165) is 57.9 Å². The van der Waals surface area contributed by atoms with Gasteiger partial charge < -0.3 is 10.2 Å². The zero-order valence-electron chi connectivity index (χ0n) is 18.0. The van der Waals surface area contributed by atoms with Crippen molar-refractivity contribution < 1.29 is 9.59 Å². The van der Waals surface area contributed by atoms with E-state index in [1.54, 1.807) is 0 Å². The van der Waals surface area contributed by atoms with Gasteiger partial charge in [0.25, 0.3) is 0 Å². The lowest BCUT2D eigenvalue weighted by molar-refractivity contribution is -0.136. The Morgan fingerprint density at radius 3 is 2.64 bits per heavy atom. The number of unbranched alkanes of at least 4 members (excludes halogenated alkanes) is 1. The lowest BCUT2D eigenvalue weighted by atomic mass is 9.87. The number of rotatable bonds is 11. The van der Waals surface area contributed by atoms with Crippen molar-refractivity contribution in [2.75, 3.05) is 13.1 Å². The van der Waals surface area contributed by atoms with Gasteiger partial charge in [0.1, 0.15) is 0 Å². The van der Waals surface area contributed by atoms with E-state index in [1.165, 1.54) is 11.1 Å². The fourth-order valence-corrected chi connectivity index (χ4v) is 4.22. The highest BCUT2D eigenvalue weighted by molar-refractivity contribution is 5.80. The molecule has 156 valence electrons. The van der Waals surface area contributed by atoms with Crippen molar-refractivity contribution in [1.82, 2.24) is 10.2 Å². The van der Waals surface area contributed by atoms with E-state index in [0.29, 0.717) is 13.0 Å². The van der Waals surface area contributed by atoms with Gasteiger partial charge in [0, 0.05) is 25.4 Å². The largest absolute Gasteiger partial charge is 0.349 e. The van der Waals surface area contributed by atoms with Crippen LogP contribution in [0.3, 0.4) is 0 Å². The molecule has 0 radical (unpaired) electrons. The van der Waals surface area contributed by atoms with Gasteiger partial charge in [-0.1, -0.05) is 57.9 Å². The van der Waals surface area contributed by atoms with Crippen molar-refractivity contribution >= 4 is 11.8 Å². The summed E-state index contributed by atoms with van der Waals surface area (Å²) in [5, 5.41) is 3.21. The van der Waals surface area contributed by atoms with Gasteiger partial charge in [-0.2, -0.15) is 0 Å². The Morgan fingerprint density at radius 2 is 1.93 bits per heavy atom. The van der Waals surface area contributed by atoms with Gasteiger partial charge in [0.15, 0.2) is 0 Å². The summed E-state index contributed by atoms with van der Waals surface area (Å²) in [6, 6.07) is 8.52. The van der Waals surface area contributed by atoms with Crippen LogP contribution in [0.5, 0.6) is 0 Å². The number of nitrogens with one attached hydrogen (secondary N) is 1. The third-order valence-electron chi connectivity index (χ3n) is 5.87. The Hall–Kier alpha value is -1.84. The first-order valence-electron chi connectivity index (χ1n) is 11.3. The number of hydrogen-bond acceptors (Lipinski definition) is 2. The molecule has 4 nitrogen and oxygen atoms in total. The third-order valence-corrected chi connectivity index (χ3v) is 5.87. The smallest absolute Gasteiger partial charge is 0.225 e. The van der Waals surface area contributed by atoms with Crippen LogP contribution in [0.1, 0.15) is 89.3 Å². The number of carbonyl (C=O) groups is 2. The van der Waals surface area contributed by atoms with E-state index in [2.05, 4.69) is 44.3 Å². The average molecular weight is 387 g/mol. The monoisotopic (exact) mass is 386 g/mol. The van der Waals surface area contributed by atoms with Gasteiger partial charge in [0.05, 0.1) is 6.04 Å². The predicted molar refractivity (Wildman–Crippen MR) is 115 cm³/mol. The molecule has 1 aromatic carbocycles. The van der Waals surface area contributed by atoms with Crippen LogP contribution in [-0.2, 0) is 16.0 Å². The van der Waals surface area contributed by atoms with Crippen LogP contribution in [0.15, 0.2) is 24.3 Å². The molecule has 2 rings (SSSR count). The minimum Gasteiger partial charge on any atom is -0.349 e. The molecule has 0 aliphatic heterocycles. The van der Waals surface area contributed by atoms with E-state index < -0.39 is 0 Å². The molecule has 4 heteroatoms. The number of benzene rings is 1. The quantitative estimate of drug-likeness (QED) is 0.580. The van der Waals surface area contributed by atoms with Crippen LogP contribution in [0.25, 0.3) is 0 Å². The van der Waals surface area contributed by atoms with E-state index in [4.69, 9.17) is 0 Å². The van der Waals surface area contributed by atoms with Gasteiger partial charge in [-0.3, -0.25) is 9.59 Å². The molecule has 0 saturated carbocycles. The van der Waals surface area contributed by atoms with Crippen molar-refractivity contribution in [3.8, 4) is 0 Å². The van der Waals surface area contributed by atoms with Crippen LogP contribution in [0.4, 0.5) is 0 Å². The van der Waals surface area contributed by atoms with E-state index in [9.17, 15) is 9.59 Å². The lowest BCUT2D eigenvalue weighted by Crippen LogP contribution is -2.40. The Balaban J connectivity index is 1.91. The Kier molecular flexibility index (Phi) is 9.52. The molecule has 2 atom stereocenters. The summed E-state index contributed by atoms with van der Waals surface area (Å²) in [6.07, 6.45) is 8.54. The first-order valence-corrected chi connectivity index (χ1v) is 11.3. The number of nitrogens with zero attached hydrogens (tertiary/aromatic N) is 1. The maximum absolute atomic E-state index is 12.9. The van der Waals surface area contributed by atoms with Gasteiger partial charge in [0.2, 0.25) is 11.8 Å². The molecule has 1 aliphatic rings. The van der Waals surface area contributed by atoms with Crippen LogP contribution in [-0.4, -0.2) is 29.8 Å². The average Bonchev–Trinajstić information content (AvgIpc) is 2.71. The Labute approximate surface area is 171 Å². The molecule has 0 aromatic heterocycles. The molecule has 1 N–H and O–H groups in total. The van der Waals surface area contributed by atoms with Crippen molar-refractivity contribution in [3.63, 3.8) is 0 Å². The SMILES string of the molecule is CCCCC(CC)C(=O)N(CCC)CCC(=O)NC1CCCc2ccccc21. The molecule has 0 bridgehead atoms. The summed E-state index contributed by atoms with van der Waals surface area (Å²) in [4.78, 5) is 27.5. The van der Waals surface area contributed by atoms with Gasteiger partial charge in [-0.25, -0.2) is 0 Å². The normalized spacial score (nSPS) is 16.9. The van der Waals surface area contributed by atoms with Gasteiger partial charge >= 0.3 is 0 Å². The zero-order chi connectivity index (χ0) is 20.4. The first kappa shape index (κ1) is 22.4. The fourth-order valence-electron chi connectivity index (χ4n) is 4.22. The highest BCUT2D eigenvalue weighted by atomic mass is 16.2. The minimum absolute atomic E-state index is 0.0530. The standard InChI is InChI=1S/C24H38N2O2/c1-4-7-11-19(6-3)24(28)26(17-5-2)18-16-23(27)25-22-15-10-13-20-12-8-9-14-21(20)22/h8-9,12,14,19,22H,4-7,10-11,13,15-18H2,1-3H3,(H,25,27). The van der Waals surface area contributed by atoms with Crippen LogP contribution in [0.2, 0.25) is 0 Å². The first-order chi connectivity index (χ1) is 13.6. The summed E-state index contributed by atoms with van der Waals surface area (Å²) in [5.41, 5.74) is 2.61. The molecule has 0 saturated heterocycles. The van der Waals surface area contributed by atoms with E-state index >= 15 is 0 Å². The molecule has 2 unspecified atom stereocenters. The maximum atomic E-state index is 12.9. The highest BCUT2D eigenvalue weighted by Gasteiger charge is 2.24. The minimum atomic E-state index is 0.0530. The highest BCUT2D eigenvalue weighted by Crippen LogP contribution is 2.29. The molecule has 1 aliphatic carbocycles. The fraction of sp³-hybridized carbons (Fsp3) is 0.667. The second-order valence-electron chi connectivity index (χ2n) is 8.03. The number of amides is 2. The van der Waals surface area contributed by atoms with Crippen LogP contribution in [0, 0.1) is 5.92 Å². The number of carbonyl (C=O) groups excluding carboxylic acids is 2. The number of hydrogen-bond donors (Lipinski definition) is 1. The molecule has 0 heterocycles. The molecule has 0 fully saturated rings. The summed E-state index contributed by atoms with van der Waals surface area (Å²) >= 11 is 0.